The first-order valence-corrected chi connectivity index (χ1v) is 9.29. The van der Waals surface area contributed by atoms with E-state index in [1.54, 1.807) is 53.3 Å². The summed E-state index contributed by atoms with van der Waals surface area (Å²) >= 11 is 0. The zero-order valence-electron chi connectivity index (χ0n) is 16.2. The van der Waals surface area contributed by atoms with Crippen molar-refractivity contribution >= 4 is 11.8 Å². The summed E-state index contributed by atoms with van der Waals surface area (Å²) in [5.74, 6) is 1.71. The molecule has 2 aromatic carbocycles. The standard InChI is InChI=1S/C21H24N2O6/c1-27-17-6-8-19(9-7-17)29-15-21(26)23-12-10-22(11-13-23)20(25)14-28-18-4-2-16(24)3-5-18/h2-9,24H,10-15H2,1H3. The molecule has 0 spiro atoms. The molecule has 0 aliphatic carbocycles. The molecule has 0 radical (unpaired) electrons. The van der Waals surface area contributed by atoms with Gasteiger partial charge in [0.05, 0.1) is 7.11 Å². The molecule has 1 fully saturated rings. The largest absolute Gasteiger partial charge is 0.508 e. The van der Waals surface area contributed by atoms with Gasteiger partial charge in [0.25, 0.3) is 11.8 Å². The minimum absolute atomic E-state index is 0.0514. The first-order valence-electron chi connectivity index (χ1n) is 9.29. The van der Waals surface area contributed by atoms with E-state index in [1.807, 2.05) is 0 Å². The Morgan fingerprint density at radius 1 is 0.759 bits per heavy atom. The summed E-state index contributed by atoms with van der Waals surface area (Å²) in [6.45, 7) is 1.67. The summed E-state index contributed by atoms with van der Waals surface area (Å²) in [5, 5.41) is 9.25. The molecule has 154 valence electrons. The zero-order chi connectivity index (χ0) is 20.6. The molecule has 1 N–H and O–H groups in total. The Labute approximate surface area is 169 Å². The van der Waals surface area contributed by atoms with E-state index in [1.165, 1.54) is 12.1 Å². The van der Waals surface area contributed by atoms with Gasteiger partial charge in [-0.1, -0.05) is 0 Å². The predicted molar refractivity (Wildman–Crippen MR) is 105 cm³/mol. The van der Waals surface area contributed by atoms with Crippen molar-refractivity contribution < 1.29 is 28.9 Å². The smallest absolute Gasteiger partial charge is 0.260 e. The zero-order valence-corrected chi connectivity index (χ0v) is 16.2. The number of phenols is 1. The minimum atomic E-state index is -0.139. The SMILES string of the molecule is COc1ccc(OCC(=O)N2CCN(C(=O)COc3ccc(O)cc3)CC2)cc1. The molecular weight excluding hydrogens is 376 g/mol. The molecule has 29 heavy (non-hydrogen) atoms. The van der Waals surface area contributed by atoms with Crippen molar-refractivity contribution in [2.45, 2.75) is 0 Å². The van der Waals surface area contributed by atoms with Crippen LogP contribution in [0.25, 0.3) is 0 Å². The van der Waals surface area contributed by atoms with Crippen molar-refractivity contribution in [1.82, 2.24) is 9.80 Å². The van der Waals surface area contributed by atoms with E-state index >= 15 is 0 Å². The number of hydrogen-bond acceptors (Lipinski definition) is 6. The third-order valence-electron chi connectivity index (χ3n) is 4.61. The van der Waals surface area contributed by atoms with Crippen LogP contribution in [0.5, 0.6) is 23.0 Å². The number of ether oxygens (including phenoxy) is 3. The van der Waals surface area contributed by atoms with E-state index in [0.29, 0.717) is 37.7 Å². The highest BCUT2D eigenvalue weighted by Gasteiger charge is 2.24. The van der Waals surface area contributed by atoms with Crippen LogP contribution in [0.2, 0.25) is 0 Å². The number of methoxy groups -OCH3 is 1. The maximum atomic E-state index is 12.3. The first-order chi connectivity index (χ1) is 14.0. The van der Waals surface area contributed by atoms with E-state index in [4.69, 9.17) is 14.2 Å². The average Bonchev–Trinajstić information content (AvgIpc) is 2.77. The molecular formula is C21H24N2O6. The predicted octanol–water partition coefficient (Wildman–Crippen LogP) is 1.53. The number of benzene rings is 2. The third kappa shape index (κ3) is 5.78. The van der Waals surface area contributed by atoms with Gasteiger partial charge in [-0.2, -0.15) is 0 Å². The summed E-state index contributed by atoms with van der Waals surface area (Å²) in [6, 6.07) is 13.2. The third-order valence-corrected chi connectivity index (χ3v) is 4.61. The molecule has 8 heteroatoms. The van der Waals surface area contributed by atoms with E-state index in [0.717, 1.165) is 5.75 Å². The second-order valence-electron chi connectivity index (χ2n) is 6.51. The van der Waals surface area contributed by atoms with Crippen molar-refractivity contribution in [2.24, 2.45) is 0 Å². The summed E-state index contributed by atoms with van der Waals surface area (Å²) < 4.78 is 16.1. The Kier molecular flexibility index (Phi) is 6.78. The van der Waals surface area contributed by atoms with E-state index in [-0.39, 0.29) is 30.8 Å². The van der Waals surface area contributed by atoms with Gasteiger partial charge in [-0.15, -0.1) is 0 Å². The molecule has 2 aromatic rings. The first kappa shape index (κ1) is 20.3. The normalized spacial score (nSPS) is 13.7. The van der Waals surface area contributed by atoms with Crippen LogP contribution in [0, 0.1) is 0 Å². The van der Waals surface area contributed by atoms with Gasteiger partial charge in [-0.05, 0) is 48.5 Å². The Bertz CT molecular complexity index is 814. The number of rotatable bonds is 7. The number of amides is 2. The van der Waals surface area contributed by atoms with Gasteiger partial charge in [0.1, 0.15) is 23.0 Å². The molecule has 0 atom stereocenters. The maximum Gasteiger partial charge on any atom is 0.260 e. The molecule has 3 rings (SSSR count). The maximum absolute atomic E-state index is 12.3. The van der Waals surface area contributed by atoms with Crippen LogP contribution in [0.3, 0.4) is 0 Å². The Morgan fingerprint density at radius 3 is 1.55 bits per heavy atom. The van der Waals surface area contributed by atoms with Crippen molar-refractivity contribution in [3.8, 4) is 23.0 Å². The van der Waals surface area contributed by atoms with Gasteiger partial charge >= 0.3 is 0 Å². The minimum Gasteiger partial charge on any atom is -0.508 e. The van der Waals surface area contributed by atoms with Crippen molar-refractivity contribution in [2.75, 3.05) is 46.5 Å². The summed E-state index contributed by atoms with van der Waals surface area (Å²) in [5.41, 5.74) is 0. The number of aromatic hydroxyl groups is 1. The summed E-state index contributed by atoms with van der Waals surface area (Å²) in [7, 11) is 1.59. The number of carbonyl (C=O) groups excluding carboxylic acids is 2. The summed E-state index contributed by atoms with van der Waals surface area (Å²) in [6.07, 6.45) is 0. The lowest BCUT2D eigenvalue weighted by molar-refractivity contribution is -0.141. The van der Waals surface area contributed by atoms with Crippen LogP contribution in [0.4, 0.5) is 0 Å². The Morgan fingerprint density at radius 2 is 1.14 bits per heavy atom. The van der Waals surface area contributed by atoms with Gasteiger partial charge in [-0.3, -0.25) is 9.59 Å². The molecule has 1 saturated heterocycles. The van der Waals surface area contributed by atoms with Gasteiger partial charge in [-0.25, -0.2) is 0 Å². The van der Waals surface area contributed by atoms with Crippen molar-refractivity contribution in [3.05, 3.63) is 48.5 Å². The highest BCUT2D eigenvalue weighted by Crippen LogP contribution is 2.18. The van der Waals surface area contributed by atoms with E-state index in [2.05, 4.69) is 0 Å². The molecule has 2 amide bonds. The lowest BCUT2D eigenvalue weighted by atomic mass is 10.3. The molecule has 8 nitrogen and oxygen atoms in total. The number of carbonyl (C=O) groups is 2. The van der Waals surface area contributed by atoms with Crippen LogP contribution in [0.15, 0.2) is 48.5 Å². The summed E-state index contributed by atoms with van der Waals surface area (Å²) in [4.78, 5) is 28.0. The highest BCUT2D eigenvalue weighted by molar-refractivity contribution is 5.80. The molecule has 1 aliphatic rings. The molecule has 1 heterocycles. The van der Waals surface area contributed by atoms with E-state index < -0.39 is 0 Å². The average molecular weight is 400 g/mol. The van der Waals surface area contributed by atoms with Gasteiger partial charge in [0.15, 0.2) is 13.2 Å². The number of hydrogen-bond donors (Lipinski definition) is 1. The number of phenolic OH excluding ortho intramolecular Hbond substituents is 1. The molecule has 0 aromatic heterocycles. The monoisotopic (exact) mass is 400 g/mol. The fourth-order valence-corrected chi connectivity index (χ4v) is 2.89. The fourth-order valence-electron chi connectivity index (χ4n) is 2.89. The molecule has 1 aliphatic heterocycles. The number of nitrogens with zero attached hydrogens (tertiary/aromatic N) is 2. The van der Waals surface area contributed by atoms with Crippen LogP contribution >= 0.6 is 0 Å². The van der Waals surface area contributed by atoms with E-state index in [9.17, 15) is 14.7 Å². The van der Waals surface area contributed by atoms with Crippen LogP contribution in [0.1, 0.15) is 0 Å². The quantitative estimate of drug-likeness (QED) is 0.758. The number of piperazine rings is 1. The van der Waals surface area contributed by atoms with Gasteiger partial charge < -0.3 is 29.1 Å². The Hall–Kier alpha value is -3.42. The lowest BCUT2D eigenvalue weighted by Crippen LogP contribution is -2.52. The van der Waals surface area contributed by atoms with Crippen LogP contribution < -0.4 is 14.2 Å². The van der Waals surface area contributed by atoms with Crippen molar-refractivity contribution in [3.63, 3.8) is 0 Å². The lowest BCUT2D eigenvalue weighted by Gasteiger charge is -2.34. The Balaban J connectivity index is 1.38. The molecule has 0 bridgehead atoms. The van der Waals surface area contributed by atoms with Crippen molar-refractivity contribution in [1.29, 1.82) is 0 Å². The fraction of sp³-hybridized carbons (Fsp3) is 0.333. The topological polar surface area (TPSA) is 88.5 Å². The van der Waals surface area contributed by atoms with Gasteiger partial charge in [0.2, 0.25) is 0 Å². The second-order valence-corrected chi connectivity index (χ2v) is 6.51. The molecule has 0 saturated carbocycles. The second kappa shape index (κ2) is 9.68. The van der Waals surface area contributed by atoms with Crippen LogP contribution in [-0.2, 0) is 9.59 Å². The van der Waals surface area contributed by atoms with Gasteiger partial charge in [0, 0.05) is 26.2 Å². The van der Waals surface area contributed by atoms with Crippen LogP contribution in [-0.4, -0.2) is 73.2 Å². The molecule has 0 unspecified atom stereocenters. The highest BCUT2D eigenvalue weighted by atomic mass is 16.5.